The molecular weight excluding hydrogens is 310 g/mol. The molecule has 1 amide bonds. The van der Waals surface area contributed by atoms with Crippen LogP contribution < -0.4 is 0 Å². The van der Waals surface area contributed by atoms with Crippen molar-refractivity contribution in [2.24, 2.45) is 0 Å². The third-order valence-electron chi connectivity index (χ3n) is 3.47. The molecule has 6 nitrogen and oxygen atoms in total. The van der Waals surface area contributed by atoms with Crippen molar-refractivity contribution in [3.8, 4) is 5.75 Å². The topological polar surface area (TPSA) is 76.1 Å². The highest BCUT2D eigenvalue weighted by atomic mass is 16.7. The SMILES string of the molecule is COC(=O)[C@H](Cc1ccc(O)cc1)N(C=O)OCc1ccccc1. The lowest BCUT2D eigenvalue weighted by atomic mass is 10.1. The molecule has 2 aromatic carbocycles. The Kier molecular flexibility index (Phi) is 6.33. The number of aromatic hydroxyl groups is 1. The molecule has 1 atom stereocenters. The summed E-state index contributed by atoms with van der Waals surface area (Å²) in [4.78, 5) is 28.9. The molecule has 2 rings (SSSR count). The van der Waals surface area contributed by atoms with Gasteiger partial charge in [-0.15, -0.1) is 0 Å². The maximum atomic E-state index is 12.0. The van der Waals surface area contributed by atoms with E-state index in [9.17, 15) is 14.7 Å². The van der Waals surface area contributed by atoms with Crippen molar-refractivity contribution in [2.45, 2.75) is 19.1 Å². The minimum absolute atomic E-state index is 0.126. The number of hydrogen-bond donors (Lipinski definition) is 1. The highest BCUT2D eigenvalue weighted by molar-refractivity contribution is 5.78. The lowest BCUT2D eigenvalue weighted by Gasteiger charge is -2.25. The molecule has 24 heavy (non-hydrogen) atoms. The number of rotatable bonds is 8. The first-order chi connectivity index (χ1) is 11.6. The molecule has 0 radical (unpaired) electrons. The van der Waals surface area contributed by atoms with E-state index in [0.717, 1.165) is 16.2 Å². The van der Waals surface area contributed by atoms with E-state index in [1.807, 2.05) is 30.3 Å². The van der Waals surface area contributed by atoms with Gasteiger partial charge >= 0.3 is 5.97 Å². The van der Waals surface area contributed by atoms with Crippen molar-refractivity contribution in [1.29, 1.82) is 0 Å². The molecule has 0 aliphatic rings. The molecule has 0 spiro atoms. The Morgan fingerprint density at radius 2 is 1.79 bits per heavy atom. The molecule has 1 N–H and O–H groups in total. The molecule has 0 aromatic heterocycles. The van der Waals surface area contributed by atoms with Crippen LogP contribution in [0.3, 0.4) is 0 Å². The van der Waals surface area contributed by atoms with E-state index in [-0.39, 0.29) is 18.8 Å². The summed E-state index contributed by atoms with van der Waals surface area (Å²) >= 11 is 0. The van der Waals surface area contributed by atoms with E-state index in [2.05, 4.69) is 0 Å². The minimum atomic E-state index is -0.916. The van der Waals surface area contributed by atoms with Gasteiger partial charge in [0.15, 0.2) is 6.04 Å². The maximum absolute atomic E-state index is 12.0. The van der Waals surface area contributed by atoms with Crippen LogP contribution in [0.4, 0.5) is 0 Å². The third kappa shape index (κ3) is 4.82. The summed E-state index contributed by atoms with van der Waals surface area (Å²) in [7, 11) is 1.26. The van der Waals surface area contributed by atoms with Crippen LogP contribution in [0, 0.1) is 0 Å². The molecule has 0 unspecified atom stereocenters. The molecular formula is C18H19NO5. The van der Waals surface area contributed by atoms with Crippen molar-refractivity contribution in [1.82, 2.24) is 5.06 Å². The molecule has 0 bridgehead atoms. The van der Waals surface area contributed by atoms with Gasteiger partial charge in [0.05, 0.1) is 7.11 Å². The van der Waals surface area contributed by atoms with Crippen molar-refractivity contribution < 1.29 is 24.3 Å². The Bertz CT molecular complexity index is 657. The lowest BCUT2D eigenvalue weighted by Crippen LogP contribution is -2.42. The fourth-order valence-electron chi connectivity index (χ4n) is 2.19. The molecule has 126 valence electrons. The summed E-state index contributed by atoms with van der Waals surface area (Å²) in [6.45, 7) is 0.155. The van der Waals surface area contributed by atoms with Crippen molar-refractivity contribution in [3.63, 3.8) is 0 Å². The minimum Gasteiger partial charge on any atom is -0.508 e. The van der Waals surface area contributed by atoms with E-state index < -0.39 is 12.0 Å². The Balaban J connectivity index is 2.10. The van der Waals surface area contributed by atoms with Crippen LogP contribution >= 0.6 is 0 Å². The van der Waals surface area contributed by atoms with Crippen LogP contribution in [0.2, 0.25) is 0 Å². The number of ether oxygens (including phenoxy) is 1. The fraction of sp³-hybridized carbons (Fsp3) is 0.222. The van der Waals surface area contributed by atoms with Crippen molar-refractivity contribution >= 4 is 12.4 Å². The summed E-state index contributed by atoms with van der Waals surface area (Å²) in [6, 6.07) is 14.8. The monoisotopic (exact) mass is 329 g/mol. The predicted octanol–water partition coefficient (Wildman–Crippen LogP) is 2.07. The Hall–Kier alpha value is -2.86. The van der Waals surface area contributed by atoms with Gasteiger partial charge in [-0.1, -0.05) is 42.5 Å². The number of hydroxylamine groups is 2. The predicted molar refractivity (Wildman–Crippen MR) is 86.7 cm³/mol. The first-order valence-electron chi connectivity index (χ1n) is 7.40. The Morgan fingerprint density at radius 1 is 1.12 bits per heavy atom. The number of benzene rings is 2. The molecule has 0 saturated carbocycles. The number of hydrogen-bond acceptors (Lipinski definition) is 5. The van der Waals surface area contributed by atoms with Gasteiger partial charge in [0.25, 0.3) is 0 Å². The second-order valence-corrected chi connectivity index (χ2v) is 5.13. The zero-order valence-electron chi connectivity index (χ0n) is 13.3. The van der Waals surface area contributed by atoms with Gasteiger partial charge < -0.3 is 9.84 Å². The van der Waals surface area contributed by atoms with E-state index >= 15 is 0 Å². The number of methoxy groups -OCH3 is 1. The largest absolute Gasteiger partial charge is 0.508 e. The van der Waals surface area contributed by atoms with Crippen LogP contribution in [-0.4, -0.2) is 35.7 Å². The van der Waals surface area contributed by atoms with Crippen LogP contribution in [-0.2, 0) is 32.2 Å². The first kappa shape index (κ1) is 17.5. The fourth-order valence-corrected chi connectivity index (χ4v) is 2.19. The van der Waals surface area contributed by atoms with Crippen LogP contribution in [0.15, 0.2) is 54.6 Å². The quantitative estimate of drug-likeness (QED) is 0.456. The summed E-state index contributed by atoms with van der Waals surface area (Å²) in [5.74, 6) is -0.454. The standard InChI is InChI=1S/C18H19NO5/c1-23-18(22)17(11-14-7-9-16(21)10-8-14)19(13-20)24-12-15-5-3-2-4-6-15/h2-10,13,17,21H,11-12H2,1H3/t17-/m0/s1. The van der Waals surface area contributed by atoms with Gasteiger partial charge in [-0.2, -0.15) is 0 Å². The smallest absolute Gasteiger partial charge is 0.331 e. The average molecular weight is 329 g/mol. The maximum Gasteiger partial charge on any atom is 0.331 e. The molecule has 0 saturated heterocycles. The summed E-state index contributed by atoms with van der Waals surface area (Å²) in [5.41, 5.74) is 1.64. The van der Waals surface area contributed by atoms with Gasteiger partial charge in [-0.3, -0.25) is 9.63 Å². The van der Waals surface area contributed by atoms with Gasteiger partial charge in [0.2, 0.25) is 6.41 Å². The number of amides is 1. The highest BCUT2D eigenvalue weighted by Gasteiger charge is 2.27. The number of nitrogens with zero attached hydrogens (tertiary/aromatic N) is 1. The van der Waals surface area contributed by atoms with Crippen LogP contribution in [0.25, 0.3) is 0 Å². The second-order valence-electron chi connectivity index (χ2n) is 5.13. The van der Waals surface area contributed by atoms with Gasteiger partial charge in [-0.05, 0) is 23.3 Å². The van der Waals surface area contributed by atoms with E-state index in [0.29, 0.717) is 6.41 Å². The number of carbonyl (C=O) groups excluding carboxylic acids is 2. The molecule has 0 heterocycles. The number of carbonyl (C=O) groups is 2. The molecule has 0 aliphatic heterocycles. The number of phenols is 1. The summed E-state index contributed by atoms with van der Waals surface area (Å²) in [5, 5.41) is 10.3. The lowest BCUT2D eigenvalue weighted by molar-refractivity contribution is -0.201. The van der Waals surface area contributed by atoms with Crippen molar-refractivity contribution in [2.75, 3.05) is 7.11 Å². The Morgan fingerprint density at radius 3 is 2.38 bits per heavy atom. The summed E-state index contributed by atoms with van der Waals surface area (Å²) < 4.78 is 4.77. The third-order valence-corrected chi connectivity index (χ3v) is 3.47. The summed E-state index contributed by atoms with van der Waals surface area (Å²) in [6.07, 6.45) is 0.672. The molecule has 6 heteroatoms. The van der Waals surface area contributed by atoms with Gasteiger partial charge in [0, 0.05) is 6.42 Å². The van der Waals surface area contributed by atoms with Gasteiger partial charge in [0.1, 0.15) is 12.4 Å². The van der Waals surface area contributed by atoms with E-state index in [4.69, 9.17) is 9.57 Å². The zero-order chi connectivity index (χ0) is 17.4. The number of phenolic OH excluding ortho intramolecular Hbond substituents is 1. The average Bonchev–Trinajstić information content (AvgIpc) is 2.63. The van der Waals surface area contributed by atoms with E-state index in [1.165, 1.54) is 19.2 Å². The van der Waals surface area contributed by atoms with Crippen molar-refractivity contribution in [3.05, 3.63) is 65.7 Å². The van der Waals surface area contributed by atoms with Crippen LogP contribution in [0.5, 0.6) is 5.75 Å². The highest BCUT2D eigenvalue weighted by Crippen LogP contribution is 2.15. The Labute approximate surface area is 140 Å². The zero-order valence-corrected chi connectivity index (χ0v) is 13.3. The van der Waals surface area contributed by atoms with Gasteiger partial charge in [-0.25, -0.2) is 9.86 Å². The normalized spacial score (nSPS) is 11.5. The second kappa shape index (κ2) is 8.69. The number of esters is 1. The van der Waals surface area contributed by atoms with Crippen LogP contribution in [0.1, 0.15) is 11.1 Å². The molecule has 0 fully saturated rings. The molecule has 0 aliphatic carbocycles. The first-order valence-corrected chi connectivity index (χ1v) is 7.40. The molecule has 2 aromatic rings. The van der Waals surface area contributed by atoms with E-state index in [1.54, 1.807) is 12.1 Å².